The van der Waals surface area contributed by atoms with Crippen molar-refractivity contribution in [2.45, 2.75) is 20.0 Å². The molecule has 2 aromatic rings. The number of nitrogens with zero attached hydrogens (tertiary/aromatic N) is 1. The fourth-order valence-electron chi connectivity index (χ4n) is 2.22. The quantitative estimate of drug-likeness (QED) is 0.437. The van der Waals surface area contributed by atoms with Crippen LogP contribution >= 0.6 is 12.2 Å². The van der Waals surface area contributed by atoms with E-state index in [4.69, 9.17) is 26.4 Å². The van der Waals surface area contributed by atoms with Crippen LogP contribution < -0.4 is 25.0 Å². The number of methoxy groups -OCH3 is 2. The van der Waals surface area contributed by atoms with Gasteiger partial charge in [0.15, 0.2) is 16.6 Å². The van der Waals surface area contributed by atoms with Gasteiger partial charge in [0.25, 0.3) is 0 Å². The van der Waals surface area contributed by atoms with Crippen molar-refractivity contribution in [2.75, 3.05) is 19.5 Å². The van der Waals surface area contributed by atoms with E-state index < -0.39 is 0 Å². The van der Waals surface area contributed by atoms with Crippen molar-refractivity contribution in [1.29, 1.82) is 0 Å². The van der Waals surface area contributed by atoms with Crippen LogP contribution in [-0.4, -0.2) is 31.7 Å². The van der Waals surface area contributed by atoms with Crippen LogP contribution in [0.5, 0.6) is 17.2 Å². The van der Waals surface area contributed by atoms with Crippen molar-refractivity contribution < 1.29 is 14.2 Å². The van der Waals surface area contributed by atoms with E-state index in [0.29, 0.717) is 22.4 Å². The number of anilines is 1. The normalized spacial score (nSPS) is 10.7. The summed E-state index contributed by atoms with van der Waals surface area (Å²) < 4.78 is 16.5. The summed E-state index contributed by atoms with van der Waals surface area (Å²) in [6.45, 7) is 3.91. The van der Waals surface area contributed by atoms with Gasteiger partial charge in [0.05, 0.1) is 32.2 Å². The summed E-state index contributed by atoms with van der Waals surface area (Å²) in [5.41, 5.74) is 4.33. The van der Waals surface area contributed by atoms with Crippen LogP contribution in [-0.2, 0) is 0 Å². The Morgan fingerprint density at radius 1 is 1.04 bits per heavy atom. The molecule has 0 amide bonds. The van der Waals surface area contributed by atoms with E-state index in [1.807, 2.05) is 56.3 Å². The third kappa shape index (κ3) is 5.35. The van der Waals surface area contributed by atoms with Gasteiger partial charge in [0.2, 0.25) is 0 Å². The first-order valence-electron chi connectivity index (χ1n) is 8.12. The average molecular weight is 373 g/mol. The first-order valence-corrected chi connectivity index (χ1v) is 8.52. The van der Waals surface area contributed by atoms with Crippen LogP contribution in [0.3, 0.4) is 0 Å². The van der Waals surface area contributed by atoms with Crippen molar-refractivity contribution >= 4 is 29.2 Å². The molecule has 26 heavy (non-hydrogen) atoms. The molecule has 0 bridgehead atoms. The fraction of sp³-hybridized carbons (Fsp3) is 0.263. The molecule has 0 fully saturated rings. The third-order valence-electron chi connectivity index (χ3n) is 3.31. The summed E-state index contributed by atoms with van der Waals surface area (Å²) in [7, 11) is 3.21. The van der Waals surface area contributed by atoms with Gasteiger partial charge in [-0.2, -0.15) is 5.10 Å². The Morgan fingerprint density at radius 3 is 2.42 bits per heavy atom. The molecule has 0 saturated carbocycles. The van der Waals surface area contributed by atoms with Crippen molar-refractivity contribution in [3.05, 3.63) is 48.0 Å². The zero-order valence-electron chi connectivity index (χ0n) is 15.3. The lowest BCUT2D eigenvalue weighted by atomic mass is 10.2. The monoisotopic (exact) mass is 373 g/mol. The fourth-order valence-corrected chi connectivity index (χ4v) is 2.38. The molecule has 2 N–H and O–H groups in total. The summed E-state index contributed by atoms with van der Waals surface area (Å²) in [5.74, 6) is 1.98. The molecule has 0 saturated heterocycles. The number of nitrogens with one attached hydrogen (secondary N) is 2. The number of hydrogen-bond donors (Lipinski definition) is 2. The maximum atomic E-state index is 5.84. The predicted octanol–water partition coefficient (Wildman–Crippen LogP) is 3.81. The molecule has 0 aromatic heterocycles. The number of ether oxygens (including phenoxy) is 3. The molecule has 0 radical (unpaired) electrons. The van der Waals surface area contributed by atoms with Gasteiger partial charge in [-0.3, -0.25) is 5.43 Å². The Balaban J connectivity index is 2.07. The molecule has 6 nitrogen and oxygen atoms in total. The van der Waals surface area contributed by atoms with Crippen molar-refractivity contribution in [2.24, 2.45) is 5.10 Å². The second-order valence-electron chi connectivity index (χ2n) is 5.57. The maximum absolute atomic E-state index is 5.84. The highest BCUT2D eigenvalue weighted by Gasteiger charge is 2.11. The lowest BCUT2D eigenvalue weighted by Crippen LogP contribution is -2.24. The Kier molecular flexibility index (Phi) is 7.23. The first-order chi connectivity index (χ1) is 12.5. The molecule has 7 heteroatoms. The molecule has 2 aromatic carbocycles. The molecule has 2 rings (SSSR count). The molecular weight excluding hydrogens is 350 g/mol. The molecule has 0 atom stereocenters. The highest BCUT2D eigenvalue weighted by atomic mass is 32.1. The molecule has 0 aliphatic carbocycles. The summed E-state index contributed by atoms with van der Waals surface area (Å²) in [4.78, 5) is 0. The molecular formula is C19H23N3O3S. The summed E-state index contributed by atoms with van der Waals surface area (Å²) >= 11 is 5.26. The number of thiocarbonyl (C=S) groups is 1. The van der Waals surface area contributed by atoms with Gasteiger partial charge in [0, 0.05) is 5.56 Å². The van der Waals surface area contributed by atoms with Crippen LogP contribution in [0, 0.1) is 0 Å². The van der Waals surface area contributed by atoms with Crippen LogP contribution in [0.2, 0.25) is 0 Å². The van der Waals surface area contributed by atoms with Gasteiger partial charge in [-0.05, 0) is 50.3 Å². The Hall–Kier alpha value is -2.80. The van der Waals surface area contributed by atoms with E-state index in [-0.39, 0.29) is 6.10 Å². The number of hydrazone groups is 1. The van der Waals surface area contributed by atoms with Crippen molar-refractivity contribution in [1.82, 2.24) is 5.43 Å². The molecule has 0 unspecified atom stereocenters. The van der Waals surface area contributed by atoms with E-state index in [1.165, 1.54) is 0 Å². The van der Waals surface area contributed by atoms with Crippen molar-refractivity contribution in [3.63, 3.8) is 0 Å². The lowest BCUT2D eigenvalue weighted by molar-refractivity contribution is 0.230. The standard InChI is InChI=1S/C19H23N3O3S/c1-13(2)25-18-14(8-7-11-17(18)24-4)12-20-22-19(26)21-15-9-5-6-10-16(15)23-3/h5-13H,1-4H3,(H2,21,22,26)/b20-12-. The molecule has 0 heterocycles. The topological polar surface area (TPSA) is 64.1 Å². The largest absolute Gasteiger partial charge is 0.495 e. The number of para-hydroxylation sites is 3. The highest BCUT2D eigenvalue weighted by Crippen LogP contribution is 2.31. The Bertz CT molecular complexity index is 778. The smallest absolute Gasteiger partial charge is 0.191 e. The minimum atomic E-state index is 0.0136. The van der Waals surface area contributed by atoms with E-state index in [1.54, 1.807) is 20.4 Å². The first kappa shape index (κ1) is 19.5. The molecule has 0 spiro atoms. The van der Waals surface area contributed by atoms with Crippen molar-refractivity contribution in [3.8, 4) is 17.2 Å². The van der Waals surface area contributed by atoms with Crippen LogP contribution in [0.4, 0.5) is 5.69 Å². The van der Waals surface area contributed by atoms with E-state index in [2.05, 4.69) is 15.8 Å². The van der Waals surface area contributed by atoms with Gasteiger partial charge in [0.1, 0.15) is 5.75 Å². The van der Waals surface area contributed by atoms with Gasteiger partial charge >= 0.3 is 0 Å². The van der Waals surface area contributed by atoms with E-state index in [9.17, 15) is 0 Å². The Labute approximate surface area is 159 Å². The number of benzene rings is 2. The van der Waals surface area contributed by atoms with E-state index in [0.717, 1.165) is 11.3 Å². The minimum Gasteiger partial charge on any atom is -0.495 e. The van der Waals surface area contributed by atoms with Gasteiger partial charge in [-0.1, -0.05) is 18.2 Å². The zero-order chi connectivity index (χ0) is 18.9. The predicted molar refractivity (Wildman–Crippen MR) is 109 cm³/mol. The SMILES string of the molecule is COc1ccccc1NC(=S)N/N=C\c1cccc(OC)c1OC(C)C. The van der Waals surface area contributed by atoms with E-state index >= 15 is 0 Å². The second kappa shape index (κ2) is 9.62. The highest BCUT2D eigenvalue weighted by molar-refractivity contribution is 7.80. The molecule has 138 valence electrons. The van der Waals surface area contributed by atoms with Crippen LogP contribution in [0.25, 0.3) is 0 Å². The average Bonchev–Trinajstić information content (AvgIpc) is 2.63. The number of hydrogen-bond acceptors (Lipinski definition) is 5. The third-order valence-corrected chi connectivity index (χ3v) is 3.50. The van der Waals surface area contributed by atoms with Gasteiger partial charge in [-0.25, -0.2) is 0 Å². The van der Waals surface area contributed by atoms with Gasteiger partial charge in [-0.15, -0.1) is 0 Å². The second-order valence-corrected chi connectivity index (χ2v) is 5.98. The van der Waals surface area contributed by atoms with Gasteiger partial charge < -0.3 is 19.5 Å². The zero-order valence-corrected chi connectivity index (χ0v) is 16.1. The molecule has 0 aliphatic heterocycles. The Morgan fingerprint density at radius 2 is 1.73 bits per heavy atom. The summed E-state index contributed by atoms with van der Waals surface area (Å²) in [6, 6.07) is 13.1. The number of rotatable bonds is 7. The minimum absolute atomic E-state index is 0.0136. The lowest BCUT2D eigenvalue weighted by Gasteiger charge is -2.15. The van der Waals surface area contributed by atoms with Crippen LogP contribution in [0.15, 0.2) is 47.6 Å². The molecule has 0 aliphatic rings. The maximum Gasteiger partial charge on any atom is 0.191 e. The summed E-state index contributed by atoms with van der Waals surface area (Å²) in [5, 5.41) is 7.57. The van der Waals surface area contributed by atoms with Crippen LogP contribution in [0.1, 0.15) is 19.4 Å². The summed E-state index contributed by atoms with van der Waals surface area (Å²) in [6.07, 6.45) is 1.65.